The van der Waals surface area contributed by atoms with Crippen LogP contribution in [0, 0.1) is 0 Å². The van der Waals surface area contributed by atoms with Crippen molar-refractivity contribution in [1.29, 1.82) is 0 Å². The molecule has 104 valence electrons. The van der Waals surface area contributed by atoms with Gasteiger partial charge in [-0.1, -0.05) is 30.3 Å². The van der Waals surface area contributed by atoms with Crippen molar-refractivity contribution in [3.63, 3.8) is 0 Å². The second kappa shape index (κ2) is 6.51. The van der Waals surface area contributed by atoms with Gasteiger partial charge >= 0.3 is 11.9 Å². The molecule has 2 rings (SSSR count). The standard InChI is InChI=1S/C14H14N2O4/c1-19-13(17)11(12-15-7-8-16-12)14(18)20-9-10-5-3-2-4-6-10/h2-8,11H,9H2,1H3,(H,15,16). The molecule has 0 fully saturated rings. The van der Waals surface area contributed by atoms with E-state index in [0.29, 0.717) is 0 Å². The first-order valence-corrected chi connectivity index (χ1v) is 6.00. The number of H-pyrrole nitrogens is 1. The highest BCUT2D eigenvalue weighted by Gasteiger charge is 2.33. The average molecular weight is 274 g/mol. The maximum Gasteiger partial charge on any atom is 0.328 e. The minimum atomic E-state index is -1.20. The second-order valence-corrected chi connectivity index (χ2v) is 4.02. The molecule has 0 saturated carbocycles. The second-order valence-electron chi connectivity index (χ2n) is 4.02. The van der Waals surface area contributed by atoms with Crippen LogP contribution in [0.5, 0.6) is 0 Å². The molecule has 0 saturated heterocycles. The zero-order chi connectivity index (χ0) is 14.4. The van der Waals surface area contributed by atoms with Crippen LogP contribution in [-0.4, -0.2) is 29.0 Å². The van der Waals surface area contributed by atoms with Gasteiger partial charge in [0.05, 0.1) is 7.11 Å². The van der Waals surface area contributed by atoms with E-state index in [4.69, 9.17) is 4.74 Å². The number of rotatable bonds is 5. The van der Waals surface area contributed by atoms with Gasteiger partial charge in [0.25, 0.3) is 0 Å². The number of aromatic amines is 1. The van der Waals surface area contributed by atoms with Gasteiger partial charge in [-0.05, 0) is 5.56 Å². The van der Waals surface area contributed by atoms with Gasteiger partial charge in [-0.25, -0.2) is 4.98 Å². The fraction of sp³-hybridized carbons (Fsp3) is 0.214. The molecule has 0 radical (unpaired) electrons. The number of methoxy groups -OCH3 is 1. The zero-order valence-corrected chi connectivity index (χ0v) is 10.9. The normalized spacial score (nSPS) is 11.7. The van der Waals surface area contributed by atoms with Crippen molar-refractivity contribution in [3.05, 3.63) is 54.1 Å². The average Bonchev–Trinajstić information content (AvgIpc) is 3.00. The fourth-order valence-corrected chi connectivity index (χ4v) is 1.68. The van der Waals surface area contributed by atoms with Crippen molar-refractivity contribution in [3.8, 4) is 0 Å². The molecule has 1 unspecified atom stereocenters. The Kier molecular flexibility index (Phi) is 4.49. The predicted octanol–water partition coefficient (Wildman–Crippen LogP) is 1.41. The lowest BCUT2D eigenvalue weighted by Crippen LogP contribution is -2.26. The summed E-state index contributed by atoms with van der Waals surface area (Å²) in [5.41, 5.74) is 0.837. The molecule has 1 heterocycles. The first-order chi connectivity index (χ1) is 9.72. The highest BCUT2D eigenvalue weighted by molar-refractivity contribution is 5.99. The number of imidazole rings is 1. The molecular formula is C14H14N2O4. The van der Waals surface area contributed by atoms with Crippen LogP contribution in [0.4, 0.5) is 0 Å². The lowest BCUT2D eigenvalue weighted by atomic mass is 10.1. The molecule has 0 aliphatic rings. The van der Waals surface area contributed by atoms with Crippen molar-refractivity contribution in [2.45, 2.75) is 12.5 Å². The largest absolute Gasteiger partial charge is 0.468 e. The van der Waals surface area contributed by atoms with E-state index in [2.05, 4.69) is 14.7 Å². The SMILES string of the molecule is COC(=O)C(C(=O)OCc1ccccc1)c1ncc[nH]1. The molecule has 0 amide bonds. The highest BCUT2D eigenvalue weighted by Crippen LogP contribution is 2.16. The minimum Gasteiger partial charge on any atom is -0.468 e. The van der Waals surface area contributed by atoms with Crippen LogP contribution in [-0.2, 0) is 25.7 Å². The van der Waals surface area contributed by atoms with Crippen LogP contribution < -0.4 is 0 Å². The molecule has 2 aromatic rings. The van der Waals surface area contributed by atoms with Crippen LogP contribution in [0.2, 0.25) is 0 Å². The minimum absolute atomic E-state index is 0.0911. The van der Waals surface area contributed by atoms with Crippen molar-refractivity contribution >= 4 is 11.9 Å². The summed E-state index contributed by atoms with van der Waals surface area (Å²) in [6.07, 6.45) is 2.98. The predicted molar refractivity (Wildman–Crippen MR) is 69.6 cm³/mol. The summed E-state index contributed by atoms with van der Waals surface area (Å²) in [6.45, 7) is 0.0911. The van der Waals surface area contributed by atoms with E-state index < -0.39 is 17.9 Å². The third-order valence-electron chi connectivity index (χ3n) is 2.69. The Labute approximate surface area is 115 Å². The molecular weight excluding hydrogens is 260 g/mol. The highest BCUT2D eigenvalue weighted by atomic mass is 16.5. The van der Waals surface area contributed by atoms with Gasteiger partial charge in [0.15, 0.2) is 0 Å². The molecule has 0 spiro atoms. The van der Waals surface area contributed by atoms with Gasteiger partial charge in [-0.2, -0.15) is 0 Å². The van der Waals surface area contributed by atoms with Crippen LogP contribution in [0.25, 0.3) is 0 Å². The number of esters is 2. The molecule has 6 nitrogen and oxygen atoms in total. The van der Waals surface area contributed by atoms with E-state index in [9.17, 15) is 9.59 Å². The van der Waals surface area contributed by atoms with Crippen molar-refractivity contribution in [2.24, 2.45) is 0 Å². The number of nitrogens with zero attached hydrogens (tertiary/aromatic N) is 1. The van der Waals surface area contributed by atoms with Gasteiger partial charge in [0.2, 0.25) is 5.92 Å². The maximum atomic E-state index is 12.0. The van der Waals surface area contributed by atoms with E-state index in [1.165, 1.54) is 19.5 Å². The van der Waals surface area contributed by atoms with E-state index in [-0.39, 0.29) is 12.4 Å². The lowest BCUT2D eigenvalue weighted by molar-refractivity contribution is -0.157. The summed E-state index contributed by atoms with van der Waals surface area (Å²) in [5.74, 6) is -2.40. The Balaban J connectivity index is 2.06. The van der Waals surface area contributed by atoms with Crippen molar-refractivity contribution in [2.75, 3.05) is 7.11 Å². The van der Waals surface area contributed by atoms with Crippen LogP contribution in [0.3, 0.4) is 0 Å². The number of nitrogens with one attached hydrogen (secondary N) is 1. The van der Waals surface area contributed by atoms with Crippen molar-refractivity contribution in [1.82, 2.24) is 9.97 Å². The fourth-order valence-electron chi connectivity index (χ4n) is 1.68. The molecule has 1 atom stereocenters. The number of hydrogen-bond donors (Lipinski definition) is 1. The van der Waals surface area contributed by atoms with Crippen molar-refractivity contribution < 1.29 is 19.1 Å². The number of aromatic nitrogens is 2. The quantitative estimate of drug-likeness (QED) is 0.658. The summed E-state index contributed by atoms with van der Waals surface area (Å²) in [6, 6.07) is 9.20. The number of hydrogen-bond acceptors (Lipinski definition) is 5. The zero-order valence-electron chi connectivity index (χ0n) is 10.9. The molecule has 0 aliphatic heterocycles. The molecule has 6 heteroatoms. The summed E-state index contributed by atoms with van der Waals surface area (Å²) in [5, 5.41) is 0. The first kappa shape index (κ1) is 13.8. The van der Waals surface area contributed by atoms with Gasteiger partial charge in [-0.15, -0.1) is 0 Å². The van der Waals surface area contributed by atoms with E-state index in [0.717, 1.165) is 5.56 Å². The number of benzene rings is 1. The number of carbonyl (C=O) groups is 2. The number of carbonyl (C=O) groups excluding carboxylic acids is 2. The molecule has 1 aromatic heterocycles. The monoisotopic (exact) mass is 274 g/mol. The molecule has 0 aliphatic carbocycles. The summed E-state index contributed by atoms with van der Waals surface area (Å²) in [7, 11) is 1.21. The Morgan fingerprint density at radius 3 is 2.60 bits per heavy atom. The summed E-state index contributed by atoms with van der Waals surface area (Å²) < 4.78 is 9.75. The molecule has 0 bridgehead atoms. The van der Waals surface area contributed by atoms with Gasteiger partial charge in [0.1, 0.15) is 12.4 Å². The smallest absolute Gasteiger partial charge is 0.328 e. The topological polar surface area (TPSA) is 81.3 Å². The Morgan fingerprint density at radius 1 is 1.25 bits per heavy atom. The van der Waals surface area contributed by atoms with Gasteiger partial charge in [0, 0.05) is 12.4 Å². The Bertz CT molecular complexity index is 566. The Hall–Kier alpha value is -2.63. The number of ether oxygens (including phenoxy) is 2. The van der Waals surface area contributed by atoms with E-state index >= 15 is 0 Å². The Morgan fingerprint density at radius 2 is 2.00 bits per heavy atom. The third kappa shape index (κ3) is 3.23. The molecule has 1 N–H and O–H groups in total. The first-order valence-electron chi connectivity index (χ1n) is 6.00. The van der Waals surface area contributed by atoms with Crippen LogP contribution in [0.15, 0.2) is 42.7 Å². The third-order valence-corrected chi connectivity index (χ3v) is 2.69. The van der Waals surface area contributed by atoms with Gasteiger partial charge in [-0.3, -0.25) is 9.59 Å². The summed E-state index contributed by atoms with van der Waals surface area (Å²) >= 11 is 0. The van der Waals surface area contributed by atoms with Gasteiger partial charge < -0.3 is 14.5 Å². The summed E-state index contributed by atoms with van der Waals surface area (Å²) in [4.78, 5) is 30.3. The van der Waals surface area contributed by atoms with Crippen LogP contribution >= 0.6 is 0 Å². The van der Waals surface area contributed by atoms with E-state index in [1.807, 2.05) is 30.3 Å². The maximum absolute atomic E-state index is 12.0. The van der Waals surface area contributed by atoms with E-state index in [1.54, 1.807) is 0 Å². The lowest BCUT2D eigenvalue weighted by Gasteiger charge is -2.12. The molecule has 20 heavy (non-hydrogen) atoms. The molecule has 1 aromatic carbocycles. The van der Waals surface area contributed by atoms with Crippen LogP contribution in [0.1, 0.15) is 17.3 Å².